The average Bonchev–Trinajstić information content (AvgIpc) is 2.15. The first kappa shape index (κ1) is 11.3. The van der Waals surface area contributed by atoms with Crippen LogP contribution in [0.25, 0.3) is 0 Å². The topological polar surface area (TPSA) is 29.5 Å². The Morgan fingerprint density at radius 3 is 2.57 bits per heavy atom. The van der Waals surface area contributed by atoms with Crippen molar-refractivity contribution in [2.24, 2.45) is 0 Å². The third-order valence-electron chi connectivity index (χ3n) is 2.22. The molecule has 82 valence electrons. The van der Waals surface area contributed by atoms with Gasteiger partial charge >= 0.3 is 12.1 Å². The van der Waals surface area contributed by atoms with E-state index in [0.717, 1.165) is 11.3 Å². The molecule has 1 amide bonds. The first-order valence-electron chi connectivity index (χ1n) is 4.37. The summed E-state index contributed by atoms with van der Waals surface area (Å²) in [5, 5.41) is 0. The molecule has 0 radical (unpaired) electrons. The van der Waals surface area contributed by atoms with Crippen molar-refractivity contribution in [1.82, 2.24) is 4.90 Å². The van der Waals surface area contributed by atoms with Gasteiger partial charge in [0, 0.05) is 13.7 Å². The number of likely N-dealkylation sites (tertiary alicyclic amines) is 1. The number of ether oxygens (including phenoxy) is 1. The van der Waals surface area contributed by atoms with Crippen LogP contribution in [0.15, 0.2) is 0 Å². The van der Waals surface area contributed by atoms with Crippen molar-refractivity contribution in [3.8, 4) is 0 Å². The number of hydrogen-bond donors (Lipinski definition) is 0. The Balaban J connectivity index is 2.69. The van der Waals surface area contributed by atoms with Crippen LogP contribution in [0.5, 0.6) is 0 Å². The van der Waals surface area contributed by atoms with Gasteiger partial charge in [0.1, 0.15) is 6.23 Å². The van der Waals surface area contributed by atoms with E-state index in [1.165, 1.54) is 7.11 Å². The fourth-order valence-corrected chi connectivity index (χ4v) is 1.54. The van der Waals surface area contributed by atoms with Gasteiger partial charge in [-0.1, -0.05) is 0 Å². The Bertz CT molecular complexity index is 217. The van der Waals surface area contributed by atoms with Gasteiger partial charge in [-0.15, -0.1) is 0 Å². The molecule has 0 N–H and O–H groups in total. The second-order valence-corrected chi connectivity index (χ2v) is 3.18. The Hall–Kier alpha value is -0.780. The highest BCUT2D eigenvalue weighted by atomic mass is 19.4. The van der Waals surface area contributed by atoms with E-state index in [9.17, 15) is 18.0 Å². The minimum absolute atomic E-state index is 0.122. The summed E-state index contributed by atoms with van der Waals surface area (Å²) in [6.45, 7) is 0.122. The van der Waals surface area contributed by atoms with Crippen molar-refractivity contribution in [3.05, 3.63) is 0 Å². The maximum atomic E-state index is 12.1. The number of carbonyl (C=O) groups excluding carboxylic acids is 1. The average molecular weight is 211 g/mol. The lowest BCUT2D eigenvalue weighted by Gasteiger charge is -2.34. The van der Waals surface area contributed by atoms with Gasteiger partial charge in [0.05, 0.1) is 0 Å². The first-order chi connectivity index (χ1) is 6.46. The molecule has 1 atom stereocenters. The zero-order chi connectivity index (χ0) is 10.8. The summed E-state index contributed by atoms with van der Waals surface area (Å²) in [6, 6.07) is 0. The van der Waals surface area contributed by atoms with Crippen molar-refractivity contribution in [2.45, 2.75) is 31.7 Å². The lowest BCUT2D eigenvalue weighted by Crippen LogP contribution is -2.50. The molecule has 0 aromatic rings. The fraction of sp³-hybridized carbons (Fsp3) is 0.875. The molecule has 0 spiro atoms. The van der Waals surface area contributed by atoms with E-state index in [1.54, 1.807) is 0 Å². The summed E-state index contributed by atoms with van der Waals surface area (Å²) in [5.74, 6) is -1.80. The van der Waals surface area contributed by atoms with Crippen LogP contribution in [0.4, 0.5) is 13.2 Å². The predicted octanol–water partition coefficient (Wildman–Crippen LogP) is 1.53. The molecule has 6 heteroatoms. The number of piperidine rings is 1. The van der Waals surface area contributed by atoms with E-state index in [0.29, 0.717) is 12.8 Å². The monoisotopic (exact) mass is 211 g/mol. The van der Waals surface area contributed by atoms with Crippen LogP contribution in [-0.4, -0.2) is 36.9 Å². The summed E-state index contributed by atoms with van der Waals surface area (Å²) >= 11 is 0. The number of halogens is 3. The van der Waals surface area contributed by atoms with E-state index in [4.69, 9.17) is 4.74 Å². The number of rotatable bonds is 1. The lowest BCUT2D eigenvalue weighted by molar-refractivity contribution is -0.198. The summed E-state index contributed by atoms with van der Waals surface area (Å²) < 4.78 is 41.1. The number of hydrogen-bond acceptors (Lipinski definition) is 2. The fourth-order valence-electron chi connectivity index (χ4n) is 1.54. The highest BCUT2D eigenvalue weighted by Crippen LogP contribution is 2.25. The standard InChI is InChI=1S/C8H12F3NO2/c1-14-6-4-2-3-5-12(6)7(13)8(9,10)11/h6H,2-5H2,1H3/t6-/m0/s1. The zero-order valence-corrected chi connectivity index (χ0v) is 7.80. The summed E-state index contributed by atoms with van der Waals surface area (Å²) in [5.41, 5.74) is 0. The highest BCUT2D eigenvalue weighted by molar-refractivity contribution is 5.82. The molecular weight excluding hydrogens is 199 g/mol. The van der Waals surface area contributed by atoms with Crippen LogP contribution >= 0.6 is 0 Å². The van der Waals surface area contributed by atoms with Crippen molar-refractivity contribution < 1.29 is 22.7 Å². The van der Waals surface area contributed by atoms with Gasteiger partial charge in [-0.3, -0.25) is 4.79 Å². The number of methoxy groups -OCH3 is 1. The van der Waals surface area contributed by atoms with Gasteiger partial charge in [-0.2, -0.15) is 13.2 Å². The second-order valence-electron chi connectivity index (χ2n) is 3.18. The summed E-state index contributed by atoms with van der Waals surface area (Å²) in [6.07, 6.45) is -3.66. The van der Waals surface area contributed by atoms with Crippen LogP contribution in [-0.2, 0) is 9.53 Å². The van der Waals surface area contributed by atoms with Crippen molar-refractivity contribution in [3.63, 3.8) is 0 Å². The van der Waals surface area contributed by atoms with Gasteiger partial charge in [0.25, 0.3) is 0 Å². The van der Waals surface area contributed by atoms with Crippen LogP contribution in [0.2, 0.25) is 0 Å². The molecule has 1 fully saturated rings. The SMILES string of the molecule is CO[C@H]1CCCCN1C(=O)C(F)(F)F. The van der Waals surface area contributed by atoms with Gasteiger partial charge in [0.2, 0.25) is 0 Å². The van der Waals surface area contributed by atoms with E-state index in [-0.39, 0.29) is 6.54 Å². The molecular formula is C8H12F3NO2. The van der Waals surface area contributed by atoms with Crippen molar-refractivity contribution in [1.29, 1.82) is 0 Å². The molecule has 0 aliphatic carbocycles. The maximum absolute atomic E-state index is 12.1. The molecule has 1 aliphatic heterocycles. The third-order valence-corrected chi connectivity index (χ3v) is 2.22. The van der Waals surface area contributed by atoms with Crippen LogP contribution in [0, 0.1) is 0 Å². The minimum atomic E-state index is -4.80. The molecule has 3 nitrogen and oxygen atoms in total. The normalized spacial score (nSPS) is 23.7. The molecule has 0 saturated carbocycles. The van der Waals surface area contributed by atoms with Crippen molar-refractivity contribution in [2.75, 3.05) is 13.7 Å². The minimum Gasteiger partial charge on any atom is -0.362 e. The third kappa shape index (κ3) is 2.37. The Labute approximate surface area is 79.8 Å². The molecule has 1 rings (SSSR count). The van der Waals surface area contributed by atoms with Crippen LogP contribution in [0.3, 0.4) is 0 Å². The molecule has 0 unspecified atom stereocenters. The Morgan fingerprint density at radius 1 is 1.43 bits per heavy atom. The Kier molecular flexibility index (Phi) is 3.36. The number of alkyl halides is 3. The molecule has 1 saturated heterocycles. The molecule has 0 bridgehead atoms. The predicted molar refractivity (Wildman–Crippen MR) is 42.4 cm³/mol. The zero-order valence-electron chi connectivity index (χ0n) is 7.80. The van der Waals surface area contributed by atoms with E-state index < -0.39 is 18.3 Å². The molecule has 1 heterocycles. The number of amides is 1. The number of carbonyl (C=O) groups is 1. The smallest absolute Gasteiger partial charge is 0.362 e. The van der Waals surface area contributed by atoms with Crippen LogP contribution < -0.4 is 0 Å². The van der Waals surface area contributed by atoms with Crippen molar-refractivity contribution >= 4 is 5.91 Å². The molecule has 0 aromatic carbocycles. The first-order valence-corrected chi connectivity index (χ1v) is 4.37. The largest absolute Gasteiger partial charge is 0.471 e. The van der Waals surface area contributed by atoms with E-state index in [2.05, 4.69) is 0 Å². The van der Waals surface area contributed by atoms with Gasteiger partial charge in [-0.25, -0.2) is 0 Å². The molecule has 0 aromatic heterocycles. The summed E-state index contributed by atoms with van der Waals surface area (Å²) in [7, 11) is 1.31. The second kappa shape index (κ2) is 4.16. The van der Waals surface area contributed by atoms with Crippen LogP contribution in [0.1, 0.15) is 19.3 Å². The van der Waals surface area contributed by atoms with E-state index >= 15 is 0 Å². The van der Waals surface area contributed by atoms with Gasteiger partial charge in [-0.05, 0) is 19.3 Å². The van der Waals surface area contributed by atoms with Gasteiger partial charge < -0.3 is 9.64 Å². The van der Waals surface area contributed by atoms with E-state index in [1.807, 2.05) is 0 Å². The molecule has 14 heavy (non-hydrogen) atoms. The van der Waals surface area contributed by atoms with Gasteiger partial charge in [0.15, 0.2) is 0 Å². The quantitative estimate of drug-likeness (QED) is 0.658. The summed E-state index contributed by atoms with van der Waals surface area (Å²) in [4.78, 5) is 11.7. The number of nitrogens with zero attached hydrogens (tertiary/aromatic N) is 1. The molecule has 1 aliphatic rings. The highest BCUT2D eigenvalue weighted by Gasteiger charge is 2.45. The lowest BCUT2D eigenvalue weighted by atomic mass is 10.1. The maximum Gasteiger partial charge on any atom is 0.471 e. The Morgan fingerprint density at radius 2 is 2.07 bits per heavy atom.